The number of halogens is 3. The lowest BCUT2D eigenvalue weighted by molar-refractivity contribution is 0.0695. The average Bonchev–Trinajstić information content (AvgIpc) is 2.39. The molecule has 0 saturated carbocycles. The normalized spacial score (nSPS) is 10.6. The first-order chi connectivity index (χ1) is 9.47. The van der Waals surface area contributed by atoms with Crippen LogP contribution in [-0.2, 0) is 5.75 Å². The van der Waals surface area contributed by atoms with Gasteiger partial charge in [-0.3, -0.25) is 0 Å². The van der Waals surface area contributed by atoms with Crippen molar-refractivity contribution >= 4 is 29.3 Å². The molecule has 0 aromatic heterocycles. The van der Waals surface area contributed by atoms with Crippen LogP contribution >= 0.6 is 23.4 Å². The van der Waals surface area contributed by atoms with Gasteiger partial charge < -0.3 is 5.11 Å². The lowest BCUT2D eigenvalue weighted by Gasteiger charge is -2.06. The molecule has 20 heavy (non-hydrogen) atoms. The number of carboxylic acid groups (broad SMARTS) is 1. The van der Waals surface area contributed by atoms with Crippen molar-refractivity contribution in [3.63, 3.8) is 0 Å². The van der Waals surface area contributed by atoms with E-state index in [0.717, 1.165) is 29.5 Å². The molecule has 0 fully saturated rings. The zero-order valence-corrected chi connectivity index (χ0v) is 11.6. The van der Waals surface area contributed by atoms with Gasteiger partial charge in [-0.1, -0.05) is 23.7 Å². The smallest absolute Gasteiger partial charge is 0.335 e. The van der Waals surface area contributed by atoms with E-state index in [1.54, 1.807) is 24.3 Å². The van der Waals surface area contributed by atoms with Crippen molar-refractivity contribution in [3.8, 4) is 0 Å². The number of thioether (sulfide) groups is 1. The van der Waals surface area contributed by atoms with E-state index in [1.165, 1.54) is 0 Å². The molecule has 2 aromatic rings. The Morgan fingerprint density at radius 2 is 1.70 bits per heavy atom. The van der Waals surface area contributed by atoms with Crippen molar-refractivity contribution in [2.45, 2.75) is 10.6 Å². The van der Waals surface area contributed by atoms with Gasteiger partial charge in [0.1, 0.15) is 11.6 Å². The summed E-state index contributed by atoms with van der Waals surface area (Å²) in [6, 6.07) is 8.54. The molecule has 104 valence electrons. The Hall–Kier alpha value is -1.59. The van der Waals surface area contributed by atoms with Gasteiger partial charge in [-0.2, -0.15) is 0 Å². The minimum atomic E-state index is -1.36. The summed E-state index contributed by atoms with van der Waals surface area (Å²) in [6.45, 7) is 0. The predicted molar refractivity (Wildman–Crippen MR) is 74.3 cm³/mol. The van der Waals surface area contributed by atoms with Gasteiger partial charge in [-0.05, 0) is 29.8 Å². The van der Waals surface area contributed by atoms with Crippen molar-refractivity contribution in [3.05, 3.63) is 64.2 Å². The fourth-order valence-corrected chi connectivity index (χ4v) is 2.58. The summed E-state index contributed by atoms with van der Waals surface area (Å²) in [5.74, 6) is -2.75. The monoisotopic (exact) mass is 314 g/mol. The number of aromatic carboxylic acids is 1. The van der Waals surface area contributed by atoms with Gasteiger partial charge in [-0.15, -0.1) is 11.8 Å². The molecule has 2 rings (SSSR count). The third kappa shape index (κ3) is 3.49. The van der Waals surface area contributed by atoms with Crippen LogP contribution in [-0.4, -0.2) is 11.1 Å². The summed E-state index contributed by atoms with van der Waals surface area (Å²) in [4.78, 5) is 10.5. The van der Waals surface area contributed by atoms with Crippen molar-refractivity contribution in [2.75, 3.05) is 0 Å². The Labute approximate surface area is 123 Å². The molecule has 0 aliphatic carbocycles. The molecule has 0 amide bonds. The van der Waals surface area contributed by atoms with Crippen molar-refractivity contribution in [2.24, 2.45) is 0 Å². The van der Waals surface area contributed by atoms with Gasteiger partial charge >= 0.3 is 5.97 Å². The summed E-state index contributed by atoms with van der Waals surface area (Å²) in [5, 5.41) is 9.29. The van der Waals surface area contributed by atoms with Crippen LogP contribution in [0.2, 0.25) is 5.02 Å². The number of hydrogen-bond donors (Lipinski definition) is 1. The maximum absolute atomic E-state index is 13.7. The highest BCUT2D eigenvalue weighted by Gasteiger charge is 2.15. The van der Waals surface area contributed by atoms with E-state index >= 15 is 0 Å². The van der Waals surface area contributed by atoms with Crippen molar-refractivity contribution in [1.82, 2.24) is 0 Å². The molecule has 1 N–H and O–H groups in total. The summed E-state index contributed by atoms with van der Waals surface area (Å²) in [7, 11) is 0. The molecule has 0 spiro atoms. The second-order valence-corrected chi connectivity index (χ2v) is 5.41. The molecule has 0 atom stereocenters. The second kappa shape index (κ2) is 6.24. The molecule has 2 aromatic carbocycles. The van der Waals surface area contributed by atoms with Gasteiger partial charge in [0.25, 0.3) is 0 Å². The Morgan fingerprint density at radius 3 is 2.20 bits per heavy atom. The zero-order valence-electron chi connectivity index (χ0n) is 10.1. The maximum atomic E-state index is 13.7. The van der Waals surface area contributed by atoms with E-state index in [1.807, 2.05) is 0 Å². The van der Waals surface area contributed by atoms with E-state index in [9.17, 15) is 13.6 Å². The topological polar surface area (TPSA) is 37.3 Å². The molecular formula is C14H9ClF2O2S. The lowest BCUT2D eigenvalue weighted by Crippen LogP contribution is -2.00. The largest absolute Gasteiger partial charge is 0.478 e. The van der Waals surface area contributed by atoms with Crippen LogP contribution in [0.4, 0.5) is 8.78 Å². The third-order valence-corrected chi connectivity index (χ3v) is 3.95. The van der Waals surface area contributed by atoms with Crippen molar-refractivity contribution < 1.29 is 18.7 Å². The minimum Gasteiger partial charge on any atom is -0.478 e. The van der Waals surface area contributed by atoms with Crippen LogP contribution in [0, 0.1) is 11.6 Å². The van der Waals surface area contributed by atoms with E-state index in [2.05, 4.69) is 0 Å². The van der Waals surface area contributed by atoms with Gasteiger partial charge in [0, 0.05) is 10.8 Å². The summed E-state index contributed by atoms with van der Waals surface area (Å²) < 4.78 is 27.4. The molecule has 0 radical (unpaired) electrons. The SMILES string of the molecule is O=C(O)c1cc(F)c(SCc2ccc(Cl)cc2)c(F)c1. The number of benzene rings is 2. The first-order valence-corrected chi connectivity index (χ1v) is 6.93. The van der Waals surface area contributed by atoms with Crippen LogP contribution in [0.1, 0.15) is 15.9 Å². The zero-order chi connectivity index (χ0) is 14.7. The molecule has 0 bridgehead atoms. The Kier molecular flexibility index (Phi) is 4.62. The van der Waals surface area contributed by atoms with Crippen LogP contribution in [0.15, 0.2) is 41.3 Å². The Bertz CT molecular complexity index is 621. The highest BCUT2D eigenvalue weighted by Crippen LogP contribution is 2.29. The highest BCUT2D eigenvalue weighted by molar-refractivity contribution is 7.98. The summed E-state index contributed by atoms with van der Waals surface area (Å²) in [6.07, 6.45) is 0. The number of hydrogen-bond acceptors (Lipinski definition) is 2. The summed E-state index contributed by atoms with van der Waals surface area (Å²) in [5.41, 5.74) is 0.455. The maximum Gasteiger partial charge on any atom is 0.335 e. The van der Waals surface area contributed by atoms with Crippen LogP contribution < -0.4 is 0 Å². The Balaban J connectivity index is 2.17. The highest BCUT2D eigenvalue weighted by atomic mass is 35.5. The van der Waals surface area contributed by atoms with E-state index < -0.39 is 23.2 Å². The molecule has 0 aliphatic heterocycles. The quantitative estimate of drug-likeness (QED) is 0.837. The average molecular weight is 315 g/mol. The minimum absolute atomic E-state index is 0.190. The molecule has 0 heterocycles. The molecule has 0 saturated heterocycles. The number of rotatable bonds is 4. The second-order valence-electron chi connectivity index (χ2n) is 3.99. The third-order valence-electron chi connectivity index (χ3n) is 2.54. The Morgan fingerprint density at radius 1 is 1.15 bits per heavy atom. The number of carboxylic acids is 1. The molecule has 2 nitrogen and oxygen atoms in total. The van der Waals surface area contributed by atoms with E-state index in [-0.39, 0.29) is 4.90 Å². The molecule has 0 aliphatic rings. The van der Waals surface area contributed by atoms with Crippen LogP contribution in [0.25, 0.3) is 0 Å². The first-order valence-electron chi connectivity index (χ1n) is 5.57. The molecule has 6 heteroatoms. The van der Waals surface area contributed by atoms with Gasteiger partial charge in [0.15, 0.2) is 0 Å². The van der Waals surface area contributed by atoms with Gasteiger partial charge in [0.2, 0.25) is 0 Å². The fourth-order valence-electron chi connectivity index (χ4n) is 1.56. The fraction of sp³-hybridized carbons (Fsp3) is 0.0714. The first kappa shape index (κ1) is 14.8. The van der Waals surface area contributed by atoms with E-state index in [0.29, 0.717) is 10.8 Å². The van der Waals surface area contributed by atoms with Crippen LogP contribution in [0.3, 0.4) is 0 Å². The van der Waals surface area contributed by atoms with Gasteiger partial charge in [-0.25, -0.2) is 13.6 Å². The molecule has 0 unspecified atom stereocenters. The van der Waals surface area contributed by atoms with Crippen LogP contribution in [0.5, 0.6) is 0 Å². The van der Waals surface area contributed by atoms with Crippen molar-refractivity contribution in [1.29, 1.82) is 0 Å². The van der Waals surface area contributed by atoms with E-state index in [4.69, 9.17) is 16.7 Å². The molecular weight excluding hydrogens is 306 g/mol. The number of carbonyl (C=O) groups is 1. The standard InChI is InChI=1S/C14H9ClF2O2S/c15-10-3-1-8(2-4-10)7-20-13-11(16)5-9(14(18)19)6-12(13)17/h1-6H,7H2,(H,18,19). The summed E-state index contributed by atoms with van der Waals surface area (Å²) >= 11 is 6.71. The predicted octanol–water partition coefficient (Wildman–Crippen LogP) is 4.61. The lowest BCUT2D eigenvalue weighted by atomic mass is 10.2. The van der Waals surface area contributed by atoms with Gasteiger partial charge in [0.05, 0.1) is 10.5 Å².